The van der Waals surface area contributed by atoms with Gasteiger partial charge in [0.15, 0.2) is 0 Å². The van der Waals surface area contributed by atoms with Gasteiger partial charge in [0.2, 0.25) is 11.9 Å². The third-order valence-electron chi connectivity index (χ3n) is 2.82. The summed E-state index contributed by atoms with van der Waals surface area (Å²) in [4.78, 5) is 14.3. The van der Waals surface area contributed by atoms with Gasteiger partial charge in [-0.2, -0.15) is 15.0 Å². The van der Waals surface area contributed by atoms with Crippen molar-refractivity contribution < 1.29 is 0 Å². The summed E-state index contributed by atoms with van der Waals surface area (Å²) < 4.78 is 0. The van der Waals surface area contributed by atoms with Crippen molar-refractivity contribution in [3.63, 3.8) is 0 Å². The van der Waals surface area contributed by atoms with Gasteiger partial charge in [-0.25, -0.2) is 0 Å². The van der Waals surface area contributed by atoms with Crippen molar-refractivity contribution in [2.75, 3.05) is 24.6 Å². The molecule has 0 bridgehead atoms. The maximum atomic E-state index is 5.53. The van der Waals surface area contributed by atoms with Crippen LogP contribution in [-0.2, 0) is 6.54 Å². The highest BCUT2D eigenvalue weighted by atomic mass is 15.2. The SMILES string of the molecule is CC1CCCN(Cc2nc(N)nc(N)n2)C1. The highest BCUT2D eigenvalue weighted by Crippen LogP contribution is 2.16. The summed E-state index contributed by atoms with van der Waals surface area (Å²) in [7, 11) is 0. The molecule has 1 aromatic rings. The molecule has 1 aliphatic heterocycles. The highest BCUT2D eigenvalue weighted by molar-refractivity contribution is 5.25. The highest BCUT2D eigenvalue weighted by Gasteiger charge is 2.17. The van der Waals surface area contributed by atoms with E-state index in [0.717, 1.165) is 19.0 Å². The maximum absolute atomic E-state index is 5.53. The summed E-state index contributed by atoms with van der Waals surface area (Å²) in [6.45, 7) is 5.16. The molecule has 0 saturated carbocycles. The number of nitrogens with two attached hydrogens (primary N) is 2. The molecule has 1 atom stereocenters. The molecule has 1 aromatic heterocycles. The first-order valence-electron chi connectivity index (χ1n) is 5.62. The molecule has 1 aliphatic rings. The smallest absolute Gasteiger partial charge is 0.225 e. The quantitative estimate of drug-likeness (QED) is 0.746. The molecule has 1 fully saturated rings. The van der Waals surface area contributed by atoms with Crippen LogP contribution in [0.2, 0.25) is 0 Å². The largest absolute Gasteiger partial charge is 0.368 e. The number of piperidine rings is 1. The van der Waals surface area contributed by atoms with E-state index in [9.17, 15) is 0 Å². The lowest BCUT2D eigenvalue weighted by atomic mass is 10.0. The first-order chi connectivity index (χ1) is 7.63. The Hall–Kier alpha value is -1.43. The third-order valence-corrected chi connectivity index (χ3v) is 2.82. The van der Waals surface area contributed by atoms with Crippen LogP contribution in [0.1, 0.15) is 25.6 Å². The van der Waals surface area contributed by atoms with Crippen LogP contribution in [0.4, 0.5) is 11.9 Å². The van der Waals surface area contributed by atoms with E-state index in [2.05, 4.69) is 26.8 Å². The second kappa shape index (κ2) is 4.61. The van der Waals surface area contributed by atoms with Crippen molar-refractivity contribution >= 4 is 11.9 Å². The molecule has 2 rings (SSSR count). The molecule has 6 heteroatoms. The number of aromatic nitrogens is 3. The molecule has 16 heavy (non-hydrogen) atoms. The maximum Gasteiger partial charge on any atom is 0.225 e. The summed E-state index contributed by atoms with van der Waals surface area (Å²) in [5, 5.41) is 0. The molecule has 0 radical (unpaired) electrons. The zero-order valence-electron chi connectivity index (χ0n) is 9.56. The van der Waals surface area contributed by atoms with Crippen molar-refractivity contribution in [1.29, 1.82) is 0 Å². The minimum atomic E-state index is 0.201. The topological polar surface area (TPSA) is 94.0 Å². The number of nitrogens with zero attached hydrogens (tertiary/aromatic N) is 4. The van der Waals surface area contributed by atoms with E-state index < -0.39 is 0 Å². The Balaban J connectivity index is 2.02. The predicted molar refractivity (Wildman–Crippen MR) is 62.3 cm³/mol. The van der Waals surface area contributed by atoms with Crippen LogP contribution in [0, 0.1) is 5.92 Å². The lowest BCUT2D eigenvalue weighted by molar-refractivity contribution is 0.173. The van der Waals surface area contributed by atoms with Gasteiger partial charge in [-0.3, -0.25) is 4.90 Å². The van der Waals surface area contributed by atoms with E-state index in [4.69, 9.17) is 11.5 Å². The zero-order valence-corrected chi connectivity index (χ0v) is 9.56. The number of hydrogen-bond donors (Lipinski definition) is 2. The minimum Gasteiger partial charge on any atom is -0.368 e. The number of nitrogen functional groups attached to an aromatic ring is 2. The second-order valence-corrected chi connectivity index (χ2v) is 4.45. The van der Waals surface area contributed by atoms with Crippen molar-refractivity contribution in [3.8, 4) is 0 Å². The molecule has 4 N–H and O–H groups in total. The van der Waals surface area contributed by atoms with Crippen LogP contribution in [0.25, 0.3) is 0 Å². The Bertz CT molecular complexity index is 346. The van der Waals surface area contributed by atoms with Gasteiger partial charge in [-0.15, -0.1) is 0 Å². The molecule has 1 unspecified atom stereocenters. The molecule has 88 valence electrons. The van der Waals surface area contributed by atoms with E-state index in [1.807, 2.05) is 0 Å². The molecule has 6 nitrogen and oxygen atoms in total. The Morgan fingerprint density at radius 3 is 2.56 bits per heavy atom. The van der Waals surface area contributed by atoms with Gasteiger partial charge in [0, 0.05) is 6.54 Å². The standard InChI is InChI=1S/C10H18N6/c1-7-3-2-4-16(5-7)6-8-13-9(11)15-10(12)14-8/h7H,2-6H2,1H3,(H4,11,12,13,14,15). The average Bonchev–Trinajstić information content (AvgIpc) is 2.15. The number of rotatable bonds is 2. The summed E-state index contributed by atoms with van der Waals surface area (Å²) in [6, 6.07) is 0. The summed E-state index contributed by atoms with van der Waals surface area (Å²) in [6.07, 6.45) is 2.54. The fraction of sp³-hybridized carbons (Fsp3) is 0.700. The number of likely N-dealkylation sites (tertiary alicyclic amines) is 1. The average molecular weight is 222 g/mol. The normalized spacial score (nSPS) is 22.2. The molecule has 0 aliphatic carbocycles. The van der Waals surface area contributed by atoms with Crippen molar-refractivity contribution in [2.24, 2.45) is 5.92 Å². The van der Waals surface area contributed by atoms with E-state index in [-0.39, 0.29) is 11.9 Å². The number of anilines is 2. The first-order valence-corrected chi connectivity index (χ1v) is 5.62. The minimum absolute atomic E-state index is 0.201. The van der Waals surface area contributed by atoms with E-state index in [1.54, 1.807) is 0 Å². The van der Waals surface area contributed by atoms with E-state index >= 15 is 0 Å². The van der Waals surface area contributed by atoms with Crippen LogP contribution in [0.15, 0.2) is 0 Å². The van der Waals surface area contributed by atoms with E-state index in [1.165, 1.54) is 12.8 Å². The molecule has 0 amide bonds. The number of hydrogen-bond acceptors (Lipinski definition) is 6. The molecule has 1 saturated heterocycles. The molecule has 0 aromatic carbocycles. The van der Waals surface area contributed by atoms with Gasteiger partial charge >= 0.3 is 0 Å². The van der Waals surface area contributed by atoms with Gasteiger partial charge in [0.1, 0.15) is 5.82 Å². The molecular weight excluding hydrogens is 204 g/mol. The first kappa shape index (κ1) is 11.1. The van der Waals surface area contributed by atoms with Gasteiger partial charge < -0.3 is 11.5 Å². The third kappa shape index (κ3) is 2.79. The van der Waals surface area contributed by atoms with Crippen LogP contribution < -0.4 is 11.5 Å². The van der Waals surface area contributed by atoms with Gasteiger partial charge in [0.05, 0.1) is 6.54 Å². The van der Waals surface area contributed by atoms with Crippen molar-refractivity contribution in [3.05, 3.63) is 5.82 Å². The van der Waals surface area contributed by atoms with Crippen LogP contribution >= 0.6 is 0 Å². The van der Waals surface area contributed by atoms with Crippen LogP contribution in [-0.4, -0.2) is 32.9 Å². The summed E-state index contributed by atoms with van der Waals surface area (Å²) in [5.41, 5.74) is 11.1. The van der Waals surface area contributed by atoms with E-state index in [0.29, 0.717) is 12.4 Å². The van der Waals surface area contributed by atoms with Gasteiger partial charge in [-0.1, -0.05) is 6.92 Å². The lowest BCUT2D eigenvalue weighted by Gasteiger charge is -2.30. The van der Waals surface area contributed by atoms with Crippen LogP contribution in [0.5, 0.6) is 0 Å². The monoisotopic (exact) mass is 222 g/mol. The molecule has 0 spiro atoms. The van der Waals surface area contributed by atoms with Crippen molar-refractivity contribution in [2.45, 2.75) is 26.3 Å². The van der Waals surface area contributed by atoms with Crippen molar-refractivity contribution in [1.82, 2.24) is 19.9 Å². The Morgan fingerprint density at radius 2 is 1.94 bits per heavy atom. The Kier molecular flexibility index (Phi) is 3.19. The summed E-state index contributed by atoms with van der Waals surface area (Å²) >= 11 is 0. The van der Waals surface area contributed by atoms with Gasteiger partial charge in [-0.05, 0) is 25.3 Å². The predicted octanol–water partition coefficient (Wildman–Crippen LogP) is 0.268. The van der Waals surface area contributed by atoms with Crippen LogP contribution in [0.3, 0.4) is 0 Å². The summed E-state index contributed by atoms with van der Waals surface area (Å²) in [5.74, 6) is 1.81. The molecule has 2 heterocycles. The Labute approximate surface area is 95.1 Å². The lowest BCUT2D eigenvalue weighted by Crippen LogP contribution is -2.34. The zero-order chi connectivity index (χ0) is 11.5. The molecular formula is C10H18N6. The Morgan fingerprint density at radius 1 is 1.25 bits per heavy atom. The van der Waals surface area contributed by atoms with Gasteiger partial charge in [0.25, 0.3) is 0 Å². The fourth-order valence-electron chi connectivity index (χ4n) is 2.16. The second-order valence-electron chi connectivity index (χ2n) is 4.45. The fourth-order valence-corrected chi connectivity index (χ4v) is 2.16.